The Hall–Kier alpha value is -0.550. The lowest BCUT2D eigenvalue weighted by Gasteiger charge is -2.44. The van der Waals surface area contributed by atoms with E-state index in [-0.39, 0.29) is 0 Å². The molecule has 4 heterocycles. The third kappa shape index (κ3) is 1.64. The van der Waals surface area contributed by atoms with E-state index in [2.05, 4.69) is 35.6 Å². The second-order valence-corrected chi connectivity index (χ2v) is 6.62. The molecule has 4 aliphatic rings. The summed E-state index contributed by atoms with van der Waals surface area (Å²) in [4.78, 5) is 2.64. The van der Waals surface area contributed by atoms with E-state index in [1.165, 1.54) is 30.7 Å². The molecule has 102 valence electrons. The van der Waals surface area contributed by atoms with Crippen molar-refractivity contribution >= 4 is 11.8 Å². The van der Waals surface area contributed by atoms with Crippen molar-refractivity contribution in [2.75, 3.05) is 25.6 Å². The van der Waals surface area contributed by atoms with Gasteiger partial charge in [0.15, 0.2) is 5.70 Å². The van der Waals surface area contributed by atoms with E-state index in [0.717, 1.165) is 23.5 Å². The normalized spacial score (nSPS) is 43.6. The van der Waals surface area contributed by atoms with Crippen LogP contribution in [0.15, 0.2) is 35.0 Å². The molecule has 4 aliphatic heterocycles. The van der Waals surface area contributed by atoms with Crippen LogP contribution in [-0.4, -0.2) is 47.2 Å². The molecule has 3 nitrogen and oxygen atoms in total. The molecule has 0 N–H and O–H groups in total. The summed E-state index contributed by atoms with van der Waals surface area (Å²) < 4.78 is 7.19. The second kappa shape index (κ2) is 4.48. The molecule has 3 atom stereocenters. The first kappa shape index (κ1) is 12.2. The molecule has 2 fully saturated rings. The highest BCUT2D eigenvalue weighted by Crippen LogP contribution is 2.47. The maximum atomic E-state index is 6.27. The van der Waals surface area contributed by atoms with E-state index < -0.39 is 0 Å². The molecule has 0 saturated carbocycles. The molecule has 0 radical (unpaired) electrons. The molecular formula is C15H21N2OS+. The van der Waals surface area contributed by atoms with Gasteiger partial charge in [0.05, 0.1) is 12.6 Å². The molecule has 0 aromatic heterocycles. The van der Waals surface area contributed by atoms with Crippen molar-refractivity contribution in [3.8, 4) is 0 Å². The number of hydrogen-bond donors (Lipinski definition) is 0. The number of morpholine rings is 1. The maximum Gasteiger partial charge on any atom is 0.218 e. The van der Waals surface area contributed by atoms with Crippen LogP contribution in [0.5, 0.6) is 0 Å². The van der Waals surface area contributed by atoms with Gasteiger partial charge in [-0.2, -0.15) is 0 Å². The van der Waals surface area contributed by atoms with Crippen LogP contribution in [0.4, 0.5) is 0 Å². The topological polar surface area (TPSA) is 12.5 Å². The van der Waals surface area contributed by atoms with Gasteiger partial charge in [-0.3, -0.25) is 4.90 Å². The zero-order valence-corrected chi connectivity index (χ0v) is 12.2. The van der Waals surface area contributed by atoms with E-state index in [4.69, 9.17) is 4.74 Å². The highest BCUT2D eigenvalue weighted by atomic mass is 32.2. The zero-order chi connectivity index (χ0) is 12.9. The quantitative estimate of drug-likeness (QED) is 0.684. The number of nitrogens with zero attached hydrogens (tertiary/aromatic N) is 2. The summed E-state index contributed by atoms with van der Waals surface area (Å²) in [5.74, 6) is 1.10. The van der Waals surface area contributed by atoms with Crippen molar-refractivity contribution in [2.45, 2.75) is 32.0 Å². The van der Waals surface area contributed by atoms with Crippen LogP contribution in [0.25, 0.3) is 0 Å². The van der Waals surface area contributed by atoms with Crippen LogP contribution >= 0.6 is 11.8 Å². The number of thioether (sulfide) groups is 1. The summed E-state index contributed by atoms with van der Waals surface area (Å²) in [6, 6.07) is 0.608. The summed E-state index contributed by atoms with van der Waals surface area (Å²) in [5, 5.41) is 2.34. The molecule has 0 aromatic rings. The van der Waals surface area contributed by atoms with Crippen molar-refractivity contribution in [3.63, 3.8) is 0 Å². The number of fused-ring (bicyclic) bond motifs is 2. The largest absolute Gasteiger partial charge is 0.326 e. The van der Waals surface area contributed by atoms with Crippen LogP contribution in [0, 0.1) is 0 Å². The molecule has 3 unspecified atom stereocenters. The van der Waals surface area contributed by atoms with E-state index >= 15 is 0 Å². The monoisotopic (exact) mass is 277 g/mol. The standard InChI is InChI=1S/C15H21N2OS/c1-2-12-5-8-17(11-19-10-14(12)17)15-13-4-3-6-16(13)7-9-18-15/h2,5,8,10,13,15H,3-4,6-7,9,11H2,1H3/q+1. The predicted octanol–water partition coefficient (Wildman–Crippen LogP) is 2.64. The van der Waals surface area contributed by atoms with Gasteiger partial charge in [0, 0.05) is 23.6 Å². The van der Waals surface area contributed by atoms with Gasteiger partial charge >= 0.3 is 0 Å². The molecule has 0 aliphatic carbocycles. The second-order valence-electron chi connectivity index (χ2n) is 5.80. The fourth-order valence-corrected chi connectivity index (χ4v) is 5.15. The van der Waals surface area contributed by atoms with E-state index in [1.807, 2.05) is 11.8 Å². The number of rotatable bonds is 1. The molecule has 0 bridgehead atoms. The van der Waals surface area contributed by atoms with Crippen molar-refractivity contribution in [1.82, 2.24) is 4.90 Å². The van der Waals surface area contributed by atoms with E-state index in [0.29, 0.717) is 12.3 Å². The molecule has 0 aromatic carbocycles. The summed E-state index contributed by atoms with van der Waals surface area (Å²) in [5.41, 5.74) is 2.83. The Kier molecular flexibility index (Phi) is 2.88. The Bertz CT molecular complexity index is 485. The summed E-state index contributed by atoms with van der Waals surface area (Å²) in [7, 11) is 0. The van der Waals surface area contributed by atoms with Gasteiger partial charge in [0.25, 0.3) is 0 Å². The Morgan fingerprint density at radius 3 is 3.32 bits per heavy atom. The molecule has 19 heavy (non-hydrogen) atoms. The lowest BCUT2D eigenvalue weighted by Crippen LogP contribution is -2.61. The zero-order valence-electron chi connectivity index (χ0n) is 11.4. The Morgan fingerprint density at radius 1 is 1.47 bits per heavy atom. The summed E-state index contributed by atoms with van der Waals surface area (Å²) in [6.07, 6.45) is 9.80. The van der Waals surface area contributed by atoms with Gasteiger partial charge in [0.1, 0.15) is 12.1 Å². The Labute approximate surface area is 119 Å². The minimum atomic E-state index is 0.297. The lowest BCUT2D eigenvalue weighted by molar-refractivity contribution is -0.878. The van der Waals surface area contributed by atoms with E-state index in [1.54, 1.807) is 0 Å². The summed E-state index contributed by atoms with van der Waals surface area (Å²) in [6.45, 7) is 5.40. The fraction of sp³-hybridized carbons (Fsp3) is 0.600. The predicted molar refractivity (Wildman–Crippen MR) is 78.0 cm³/mol. The van der Waals surface area contributed by atoms with Crippen LogP contribution in [0.2, 0.25) is 0 Å². The van der Waals surface area contributed by atoms with Crippen molar-refractivity contribution < 1.29 is 9.22 Å². The van der Waals surface area contributed by atoms with Gasteiger partial charge in [0.2, 0.25) is 6.23 Å². The van der Waals surface area contributed by atoms with Crippen molar-refractivity contribution in [3.05, 3.63) is 35.0 Å². The molecule has 4 rings (SSSR count). The Balaban J connectivity index is 1.72. The van der Waals surface area contributed by atoms with Gasteiger partial charge in [-0.05, 0) is 26.3 Å². The molecule has 2 saturated heterocycles. The number of quaternary nitrogens is 1. The van der Waals surface area contributed by atoms with Gasteiger partial charge in [-0.1, -0.05) is 17.8 Å². The molecular weight excluding hydrogens is 256 g/mol. The molecule has 0 amide bonds. The summed E-state index contributed by atoms with van der Waals surface area (Å²) >= 11 is 1.93. The van der Waals surface area contributed by atoms with Gasteiger partial charge in [-0.25, -0.2) is 4.48 Å². The van der Waals surface area contributed by atoms with Crippen LogP contribution in [-0.2, 0) is 4.74 Å². The number of allylic oxidation sites excluding steroid dienone is 2. The van der Waals surface area contributed by atoms with Crippen molar-refractivity contribution in [1.29, 1.82) is 0 Å². The average molecular weight is 277 g/mol. The van der Waals surface area contributed by atoms with E-state index in [9.17, 15) is 0 Å². The third-order valence-electron chi connectivity index (χ3n) is 4.92. The SMILES string of the molecule is CC=C1C=C[N+]2(C3OCCN4CCCC34)CSC=C12. The first-order valence-corrected chi connectivity index (χ1v) is 8.31. The highest BCUT2D eigenvalue weighted by molar-refractivity contribution is 8.02. The first-order valence-electron chi connectivity index (χ1n) is 7.26. The minimum absolute atomic E-state index is 0.297. The molecule has 4 heteroatoms. The lowest BCUT2D eigenvalue weighted by atomic mass is 10.1. The smallest absolute Gasteiger partial charge is 0.218 e. The highest BCUT2D eigenvalue weighted by Gasteiger charge is 2.54. The van der Waals surface area contributed by atoms with Crippen LogP contribution in [0.1, 0.15) is 19.8 Å². The fourth-order valence-electron chi connectivity index (χ4n) is 3.97. The van der Waals surface area contributed by atoms with Crippen LogP contribution in [0.3, 0.4) is 0 Å². The number of hydrogen-bond acceptors (Lipinski definition) is 3. The van der Waals surface area contributed by atoms with Crippen LogP contribution < -0.4 is 0 Å². The average Bonchev–Trinajstić information content (AvgIpc) is 3.12. The first-order chi connectivity index (χ1) is 9.35. The maximum absolute atomic E-state index is 6.27. The third-order valence-corrected chi connectivity index (χ3v) is 5.89. The van der Waals surface area contributed by atoms with Gasteiger partial charge < -0.3 is 4.74 Å². The molecule has 0 spiro atoms. The Morgan fingerprint density at radius 2 is 2.42 bits per heavy atom. The minimum Gasteiger partial charge on any atom is -0.326 e. The number of ether oxygens (including phenoxy) is 1. The van der Waals surface area contributed by atoms with Crippen molar-refractivity contribution in [2.24, 2.45) is 0 Å². The van der Waals surface area contributed by atoms with Gasteiger partial charge in [-0.15, -0.1) is 0 Å².